The molecule has 2 heteroatoms. The number of halogens is 1. The van der Waals surface area contributed by atoms with Crippen LogP contribution >= 0.6 is 0 Å². The molecule has 0 bridgehead atoms. The molecule has 1 nitrogen and oxygen atoms in total. The monoisotopic (exact) mass is 309 g/mol. The quantitative estimate of drug-likeness (QED) is 0.679. The number of benzene rings is 2. The van der Waals surface area contributed by atoms with E-state index in [9.17, 15) is 9.65 Å². The molecule has 1 fully saturated rings. The lowest BCUT2D eigenvalue weighted by Gasteiger charge is -2.38. The number of rotatable bonds is 4. The number of nitriles is 1. The molecule has 23 heavy (non-hydrogen) atoms. The van der Waals surface area contributed by atoms with Gasteiger partial charge in [0.15, 0.2) is 0 Å². The van der Waals surface area contributed by atoms with E-state index < -0.39 is 12.1 Å². The first-order chi connectivity index (χ1) is 11.3. The Bertz CT molecular complexity index is 695. The van der Waals surface area contributed by atoms with Crippen LogP contribution < -0.4 is 0 Å². The molecular formula is C21H24FN. The van der Waals surface area contributed by atoms with Crippen LogP contribution in [0.25, 0.3) is 10.8 Å². The summed E-state index contributed by atoms with van der Waals surface area (Å²) in [5.74, 6) is -0.0878. The van der Waals surface area contributed by atoms with E-state index >= 15 is 0 Å². The first-order valence-electron chi connectivity index (χ1n) is 8.77. The minimum absolute atomic E-state index is 0.0152. The van der Waals surface area contributed by atoms with Crippen molar-refractivity contribution in [3.63, 3.8) is 0 Å². The van der Waals surface area contributed by atoms with Crippen LogP contribution in [-0.2, 0) is 0 Å². The third-order valence-corrected chi connectivity index (χ3v) is 5.36. The molecule has 4 unspecified atom stereocenters. The molecule has 0 aliphatic heterocycles. The fraction of sp³-hybridized carbons (Fsp3) is 0.476. The fourth-order valence-electron chi connectivity index (χ4n) is 4.19. The van der Waals surface area contributed by atoms with Gasteiger partial charge in [0.1, 0.15) is 6.17 Å². The maximum absolute atomic E-state index is 14.5. The zero-order chi connectivity index (χ0) is 16.2. The zero-order valence-electron chi connectivity index (χ0n) is 13.7. The minimum atomic E-state index is -0.998. The largest absolute Gasteiger partial charge is 0.246 e. The lowest BCUT2D eigenvalue weighted by Crippen LogP contribution is -2.33. The number of alkyl halides is 1. The highest BCUT2D eigenvalue weighted by atomic mass is 19.1. The summed E-state index contributed by atoms with van der Waals surface area (Å²) in [6.07, 6.45) is 3.83. The van der Waals surface area contributed by atoms with Gasteiger partial charge in [0, 0.05) is 5.92 Å². The molecule has 3 rings (SSSR count). The van der Waals surface area contributed by atoms with E-state index in [-0.39, 0.29) is 5.92 Å². The van der Waals surface area contributed by atoms with Crippen molar-refractivity contribution in [1.82, 2.24) is 0 Å². The van der Waals surface area contributed by atoms with E-state index in [1.165, 1.54) is 10.8 Å². The van der Waals surface area contributed by atoms with Crippen molar-refractivity contribution in [1.29, 1.82) is 5.26 Å². The molecule has 0 aromatic heterocycles. The molecule has 1 aliphatic carbocycles. The Morgan fingerprint density at radius 3 is 2.70 bits per heavy atom. The molecule has 1 aliphatic rings. The van der Waals surface area contributed by atoms with Gasteiger partial charge in [0.2, 0.25) is 0 Å². The fourth-order valence-corrected chi connectivity index (χ4v) is 4.19. The molecule has 4 atom stereocenters. The van der Waals surface area contributed by atoms with Gasteiger partial charge in [-0.1, -0.05) is 62.2 Å². The molecule has 0 N–H and O–H groups in total. The molecule has 2 aromatic rings. The topological polar surface area (TPSA) is 23.8 Å². The number of fused-ring (bicyclic) bond motifs is 1. The van der Waals surface area contributed by atoms with Gasteiger partial charge in [-0.05, 0) is 41.5 Å². The van der Waals surface area contributed by atoms with Crippen molar-refractivity contribution < 1.29 is 4.39 Å². The second-order valence-corrected chi connectivity index (χ2v) is 6.74. The molecular weight excluding hydrogens is 285 g/mol. The molecule has 1 saturated carbocycles. The predicted octanol–water partition coefficient (Wildman–Crippen LogP) is 6.00. The average Bonchev–Trinajstić information content (AvgIpc) is 2.60. The Hall–Kier alpha value is -1.88. The Morgan fingerprint density at radius 2 is 1.91 bits per heavy atom. The first-order valence-corrected chi connectivity index (χ1v) is 8.77. The van der Waals surface area contributed by atoms with Crippen LogP contribution in [0.2, 0.25) is 0 Å². The minimum Gasteiger partial charge on any atom is -0.246 e. The van der Waals surface area contributed by atoms with Gasteiger partial charge in [-0.15, -0.1) is 0 Å². The Morgan fingerprint density at radius 1 is 1.13 bits per heavy atom. The molecule has 120 valence electrons. The second kappa shape index (κ2) is 7.13. The highest BCUT2D eigenvalue weighted by Crippen LogP contribution is 2.46. The first kappa shape index (κ1) is 16.0. The van der Waals surface area contributed by atoms with Crippen LogP contribution in [0.3, 0.4) is 0 Å². The van der Waals surface area contributed by atoms with Gasteiger partial charge >= 0.3 is 0 Å². The summed E-state index contributed by atoms with van der Waals surface area (Å²) in [7, 11) is 0. The zero-order valence-corrected chi connectivity index (χ0v) is 13.7. The van der Waals surface area contributed by atoms with Crippen LogP contribution in [0.1, 0.15) is 50.5 Å². The number of hydrogen-bond donors (Lipinski definition) is 0. The van der Waals surface area contributed by atoms with Gasteiger partial charge < -0.3 is 0 Å². The summed E-state index contributed by atoms with van der Waals surface area (Å²) in [5, 5.41) is 12.0. The van der Waals surface area contributed by atoms with E-state index in [0.29, 0.717) is 12.3 Å². The standard InChI is InChI=1S/C21H24FN/c1-2-3-7-16-12-13-20(22)19(14-23)21(16)18-11-6-9-15-8-4-5-10-17(15)18/h4-6,8-11,16,19-21H,2-3,7,12-13H2,1H3. The lowest BCUT2D eigenvalue weighted by atomic mass is 9.66. The van der Waals surface area contributed by atoms with Crippen molar-refractivity contribution >= 4 is 10.8 Å². The molecule has 0 radical (unpaired) electrons. The van der Waals surface area contributed by atoms with E-state index in [4.69, 9.17) is 0 Å². The summed E-state index contributed by atoms with van der Waals surface area (Å²) in [5.41, 5.74) is 1.16. The number of hydrogen-bond acceptors (Lipinski definition) is 1. The highest BCUT2D eigenvalue weighted by Gasteiger charge is 2.40. The van der Waals surface area contributed by atoms with Crippen molar-refractivity contribution in [3.05, 3.63) is 48.0 Å². The van der Waals surface area contributed by atoms with E-state index in [1.54, 1.807) is 0 Å². The third kappa shape index (κ3) is 3.11. The molecule has 0 saturated heterocycles. The Labute approximate surface area is 138 Å². The SMILES string of the molecule is CCCCC1CCC(F)C(C#N)C1c1cccc2ccccc12. The predicted molar refractivity (Wildman–Crippen MR) is 92.9 cm³/mol. The van der Waals surface area contributed by atoms with Crippen LogP contribution in [0, 0.1) is 23.2 Å². The molecule has 0 heterocycles. The summed E-state index contributed by atoms with van der Waals surface area (Å²) in [6.45, 7) is 2.19. The molecule has 2 aromatic carbocycles. The van der Waals surface area contributed by atoms with E-state index in [0.717, 1.165) is 31.2 Å². The summed E-state index contributed by atoms with van der Waals surface area (Å²) >= 11 is 0. The van der Waals surface area contributed by atoms with Gasteiger partial charge in [-0.3, -0.25) is 0 Å². The van der Waals surface area contributed by atoms with Gasteiger partial charge in [0.05, 0.1) is 12.0 Å². The lowest BCUT2D eigenvalue weighted by molar-refractivity contribution is 0.129. The van der Waals surface area contributed by atoms with E-state index in [1.807, 2.05) is 18.2 Å². The van der Waals surface area contributed by atoms with E-state index in [2.05, 4.69) is 37.3 Å². The molecule has 0 spiro atoms. The van der Waals surface area contributed by atoms with Crippen LogP contribution in [0.5, 0.6) is 0 Å². The number of nitrogens with zero attached hydrogens (tertiary/aromatic N) is 1. The maximum atomic E-state index is 14.5. The molecule has 0 amide bonds. The van der Waals surface area contributed by atoms with Crippen molar-refractivity contribution in [2.45, 2.75) is 51.1 Å². The summed E-state index contributed by atoms with van der Waals surface area (Å²) in [6, 6.07) is 16.8. The van der Waals surface area contributed by atoms with Crippen molar-refractivity contribution in [3.8, 4) is 6.07 Å². The maximum Gasteiger partial charge on any atom is 0.116 e. The average molecular weight is 309 g/mol. The van der Waals surface area contributed by atoms with Crippen molar-refractivity contribution in [2.24, 2.45) is 11.8 Å². The summed E-state index contributed by atoms with van der Waals surface area (Å²) in [4.78, 5) is 0. The normalized spacial score (nSPS) is 27.7. The van der Waals surface area contributed by atoms with Crippen LogP contribution in [0.15, 0.2) is 42.5 Å². The van der Waals surface area contributed by atoms with Gasteiger partial charge in [-0.2, -0.15) is 5.26 Å². The highest BCUT2D eigenvalue weighted by molar-refractivity contribution is 5.86. The van der Waals surface area contributed by atoms with Gasteiger partial charge in [-0.25, -0.2) is 4.39 Å². The Balaban J connectivity index is 2.07. The van der Waals surface area contributed by atoms with Crippen LogP contribution in [0.4, 0.5) is 4.39 Å². The Kier molecular flexibility index (Phi) is 4.96. The van der Waals surface area contributed by atoms with Crippen LogP contribution in [-0.4, -0.2) is 6.17 Å². The summed E-state index contributed by atoms with van der Waals surface area (Å²) < 4.78 is 14.5. The van der Waals surface area contributed by atoms with Crippen molar-refractivity contribution in [2.75, 3.05) is 0 Å². The smallest absolute Gasteiger partial charge is 0.116 e. The third-order valence-electron chi connectivity index (χ3n) is 5.36. The second-order valence-electron chi connectivity index (χ2n) is 6.74. The number of unbranched alkanes of at least 4 members (excludes halogenated alkanes) is 1. The van der Waals surface area contributed by atoms with Gasteiger partial charge in [0.25, 0.3) is 0 Å².